The molecule has 2 aliphatic heterocycles. The lowest BCUT2D eigenvalue weighted by Gasteiger charge is -2.23. The van der Waals surface area contributed by atoms with Gasteiger partial charge in [-0.25, -0.2) is 4.90 Å². The molecular weight excluding hydrogens is 544 g/mol. The molecule has 42 heavy (non-hydrogen) atoms. The minimum atomic E-state index is -0.840. The Kier molecular flexibility index (Phi) is 7.23. The molecule has 212 valence electrons. The molecule has 2 atom stereocenters. The minimum Gasteiger partial charge on any atom is -0.285 e. The van der Waals surface area contributed by atoms with Crippen molar-refractivity contribution in [2.75, 3.05) is 18.2 Å². The largest absolute Gasteiger partial charge is 0.285 e. The molecule has 4 amide bonds. The van der Waals surface area contributed by atoms with Crippen molar-refractivity contribution in [2.24, 2.45) is 17.8 Å². The molecule has 2 unspecified atom stereocenters. The molecule has 3 aromatic carbocycles. The van der Waals surface area contributed by atoms with Crippen LogP contribution in [-0.4, -0.2) is 41.8 Å². The van der Waals surface area contributed by atoms with Crippen LogP contribution < -0.4 is 4.90 Å². The van der Waals surface area contributed by atoms with Crippen molar-refractivity contribution in [1.82, 2.24) is 4.90 Å². The summed E-state index contributed by atoms with van der Waals surface area (Å²) in [5.41, 5.74) is 5.54. The van der Waals surface area contributed by atoms with Gasteiger partial charge in [0, 0.05) is 11.9 Å². The van der Waals surface area contributed by atoms with Crippen molar-refractivity contribution in [2.45, 2.75) is 31.6 Å². The normalized spacial score (nSPS) is 20.1. The van der Waals surface area contributed by atoms with Crippen LogP contribution in [0.3, 0.4) is 0 Å². The Bertz CT molecular complexity index is 1670. The van der Waals surface area contributed by atoms with Crippen LogP contribution in [0.1, 0.15) is 36.1 Å². The van der Waals surface area contributed by atoms with E-state index in [4.69, 9.17) is 0 Å². The number of rotatable bonds is 7. The van der Waals surface area contributed by atoms with E-state index in [2.05, 4.69) is 38.1 Å². The predicted molar refractivity (Wildman–Crippen MR) is 165 cm³/mol. The summed E-state index contributed by atoms with van der Waals surface area (Å²) in [4.78, 5) is 57.4. The lowest BCUT2D eigenvalue weighted by atomic mass is 9.75. The fraction of sp³-hybridized carbons (Fsp3) is 0.257. The van der Waals surface area contributed by atoms with Gasteiger partial charge in [-0.05, 0) is 77.1 Å². The van der Waals surface area contributed by atoms with E-state index in [-0.39, 0.29) is 23.0 Å². The van der Waals surface area contributed by atoms with Gasteiger partial charge >= 0.3 is 0 Å². The highest BCUT2D eigenvalue weighted by Crippen LogP contribution is 2.48. The number of anilines is 1. The number of carbonyl (C=O) groups excluding carboxylic acids is 4. The topological polar surface area (TPSA) is 74.8 Å². The molecule has 6 rings (SSSR count). The summed E-state index contributed by atoms with van der Waals surface area (Å²) in [5.74, 6) is -2.73. The molecule has 0 radical (unpaired) electrons. The Hall–Kier alpha value is -4.23. The van der Waals surface area contributed by atoms with E-state index in [1.165, 1.54) is 29.2 Å². The van der Waals surface area contributed by atoms with Crippen molar-refractivity contribution < 1.29 is 19.2 Å². The van der Waals surface area contributed by atoms with Crippen LogP contribution in [0, 0.1) is 17.8 Å². The van der Waals surface area contributed by atoms with Gasteiger partial charge in [0.2, 0.25) is 11.8 Å². The second-order valence-corrected chi connectivity index (χ2v) is 12.4. The zero-order valence-electron chi connectivity index (χ0n) is 24.1. The molecular formula is C35H32N2O4S. The lowest BCUT2D eigenvalue weighted by molar-refractivity contribution is -0.137. The van der Waals surface area contributed by atoms with Gasteiger partial charge < -0.3 is 0 Å². The molecule has 0 bridgehead atoms. The van der Waals surface area contributed by atoms with E-state index >= 15 is 0 Å². The van der Waals surface area contributed by atoms with Crippen molar-refractivity contribution >= 4 is 46.7 Å². The average molecular weight is 577 g/mol. The quantitative estimate of drug-likeness (QED) is 0.267. The second kappa shape index (κ2) is 10.9. The molecule has 2 heterocycles. The Morgan fingerprint density at radius 3 is 1.95 bits per heavy atom. The van der Waals surface area contributed by atoms with Crippen LogP contribution >= 0.6 is 11.8 Å². The molecule has 3 aromatic rings. The molecule has 0 N–H and O–H groups in total. The number of hydrogen-bond donors (Lipinski definition) is 0. The molecule has 2 fully saturated rings. The first-order valence-electron chi connectivity index (χ1n) is 14.2. The highest BCUT2D eigenvalue weighted by Gasteiger charge is 2.54. The van der Waals surface area contributed by atoms with E-state index in [1.807, 2.05) is 42.7 Å². The summed E-state index contributed by atoms with van der Waals surface area (Å²) < 4.78 is 0. The Morgan fingerprint density at radius 1 is 0.762 bits per heavy atom. The number of likely N-dealkylation sites (tertiary alicyclic amines) is 1. The third-order valence-electron chi connectivity index (χ3n) is 8.29. The molecule has 0 spiro atoms. The molecule has 3 aliphatic rings. The van der Waals surface area contributed by atoms with Crippen molar-refractivity contribution in [3.05, 3.63) is 112 Å². The Labute approximate surface area is 250 Å². The number of fused-ring (bicyclic) bond motifs is 2. The van der Waals surface area contributed by atoms with Gasteiger partial charge in [-0.2, -0.15) is 0 Å². The van der Waals surface area contributed by atoms with Crippen molar-refractivity contribution in [1.29, 1.82) is 0 Å². The first-order valence-corrected chi connectivity index (χ1v) is 15.4. The maximum absolute atomic E-state index is 14.0. The van der Waals surface area contributed by atoms with Crippen LogP contribution in [-0.2, 0) is 32.0 Å². The molecule has 7 heteroatoms. The Balaban J connectivity index is 1.34. The fourth-order valence-corrected chi connectivity index (χ4v) is 6.60. The number of carbonyl (C=O) groups is 4. The summed E-state index contributed by atoms with van der Waals surface area (Å²) in [6, 6.07) is 23.6. The monoisotopic (exact) mass is 576 g/mol. The lowest BCUT2D eigenvalue weighted by Crippen LogP contribution is -2.29. The van der Waals surface area contributed by atoms with Gasteiger partial charge in [-0.3, -0.25) is 24.1 Å². The van der Waals surface area contributed by atoms with E-state index in [9.17, 15) is 19.2 Å². The molecule has 6 nitrogen and oxygen atoms in total. The maximum Gasteiger partial charge on any atom is 0.266 e. The number of benzene rings is 3. The van der Waals surface area contributed by atoms with Crippen LogP contribution in [0.2, 0.25) is 0 Å². The highest BCUT2D eigenvalue weighted by atomic mass is 32.2. The highest BCUT2D eigenvalue weighted by molar-refractivity contribution is 7.98. The van der Waals surface area contributed by atoms with Gasteiger partial charge in [-0.1, -0.05) is 68.5 Å². The van der Waals surface area contributed by atoms with Crippen LogP contribution in [0.15, 0.2) is 94.9 Å². The van der Waals surface area contributed by atoms with Gasteiger partial charge in [0.25, 0.3) is 11.8 Å². The van der Waals surface area contributed by atoms with Gasteiger partial charge in [-0.15, -0.1) is 11.8 Å². The van der Waals surface area contributed by atoms with Gasteiger partial charge in [0.05, 0.1) is 28.7 Å². The van der Waals surface area contributed by atoms with Crippen molar-refractivity contribution in [3.8, 4) is 0 Å². The summed E-state index contributed by atoms with van der Waals surface area (Å²) in [5, 5.41) is 0. The summed E-state index contributed by atoms with van der Waals surface area (Å²) in [6.45, 7) is 4.42. The molecule has 0 saturated carbocycles. The predicted octanol–water partition coefficient (Wildman–Crippen LogP) is 5.70. The summed E-state index contributed by atoms with van der Waals surface area (Å²) >= 11 is 1.58. The number of hydrogen-bond acceptors (Lipinski definition) is 5. The van der Waals surface area contributed by atoms with E-state index in [0.717, 1.165) is 28.2 Å². The van der Waals surface area contributed by atoms with Gasteiger partial charge in [0.1, 0.15) is 0 Å². The Morgan fingerprint density at radius 2 is 1.36 bits per heavy atom. The fourth-order valence-electron chi connectivity index (χ4n) is 6.20. The molecule has 2 saturated heterocycles. The first-order chi connectivity index (χ1) is 20.2. The minimum absolute atomic E-state index is 0.187. The standard InChI is InChI=1S/C35H32N2O4S/c1-20(2)17-21-5-7-22(8-6-21)18-23-9-13-25(14-10-23)37-33(39)28-19-27-30(34(40)36(3)32(27)38)29(31(28)35(37)41)24-11-15-26(42-4)16-12-24/h5-16,19-20,27,30H,17-18H2,1-4H3. The van der Waals surface area contributed by atoms with E-state index in [1.54, 1.807) is 23.9 Å². The number of imide groups is 2. The number of thioether (sulfide) groups is 1. The third-order valence-corrected chi connectivity index (χ3v) is 9.03. The summed E-state index contributed by atoms with van der Waals surface area (Å²) in [6.07, 6.45) is 5.28. The van der Waals surface area contributed by atoms with Crippen LogP contribution in [0.5, 0.6) is 0 Å². The van der Waals surface area contributed by atoms with Crippen LogP contribution in [0.4, 0.5) is 5.69 Å². The zero-order valence-corrected chi connectivity index (χ0v) is 24.9. The smallest absolute Gasteiger partial charge is 0.266 e. The third kappa shape index (κ3) is 4.71. The van der Waals surface area contributed by atoms with Crippen molar-refractivity contribution in [3.63, 3.8) is 0 Å². The molecule has 0 aromatic heterocycles. The van der Waals surface area contributed by atoms with Gasteiger partial charge in [0.15, 0.2) is 0 Å². The van der Waals surface area contributed by atoms with E-state index in [0.29, 0.717) is 22.7 Å². The number of nitrogens with zero attached hydrogens (tertiary/aromatic N) is 2. The van der Waals surface area contributed by atoms with E-state index < -0.39 is 23.7 Å². The number of amides is 4. The first kappa shape index (κ1) is 27.9. The maximum atomic E-state index is 14.0. The summed E-state index contributed by atoms with van der Waals surface area (Å²) in [7, 11) is 1.45. The second-order valence-electron chi connectivity index (χ2n) is 11.5. The zero-order chi connectivity index (χ0) is 29.7. The average Bonchev–Trinajstić information content (AvgIpc) is 3.37. The molecule has 1 aliphatic carbocycles. The SMILES string of the molecule is CSc1ccc(C2=C3C(=O)N(c4ccc(Cc5ccc(CC(C)C)cc5)cc4)C(=O)C3=CC3C(=O)N(C)C(=O)C23)cc1. The van der Waals surface area contributed by atoms with Crippen LogP contribution in [0.25, 0.3) is 5.57 Å².